The van der Waals surface area contributed by atoms with E-state index < -0.39 is 0 Å². The number of hydrogen-bond donors (Lipinski definition) is 0. The van der Waals surface area contributed by atoms with Crippen molar-refractivity contribution in [3.8, 4) is 0 Å². The lowest BCUT2D eigenvalue weighted by Crippen LogP contribution is -2.44. The second-order valence-electron chi connectivity index (χ2n) is 6.20. The lowest BCUT2D eigenvalue weighted by molar-refractivity contribution is 0.306. The third-order valence-electron chi connectivity index (χ3n) is 3.49. The van der Waals surface area contributed by atoms with E-state index in [0.29, 0.717) is 0 Å². The normalized spacial score (nSPS) is 14.5. The fourth-order valence-corrected chi connectivity index (χ4v) is 8.21. The van der Waals surface area contributed by atoms with Gasteiger partial charge in [-0.1, -0.05) is 55.4 Å². The molecular formula is C13H34N2Si2. The fourth-order valence-electron chi connectivity index (χ4n) is 2.66. The Morgan fingerprint density at radius 2 is 0.824 bits per heavy atom. The van der Waals surface area contributed by atoms with Crippen LogP contribution in [0.4, 0.5) is 0 Å². The minimum atomic E-state index is -0.0230. The van der Waals surface area contributed by atoms with E-state index in [-0.39, 0.29) is 19.4 Å². The van der Waals surface area contributed by atoms with Gasteiger partial charge in [0.2, 0.25) is 0 Å². The quantitative estimate of drug-likeness (QED) is 0.623. The molecule has 0 fully saturated rings. The average molecular weight is 275 g/mol. The molecule has 0 aliphatic carbocycles. The summed E-state index contributed by atoms with van der Waals surface area (Å²) in [5.74, 6) is 0. The van der Waals surface area contributed by atoms with Crippen LogP contribution in [0.25, 0.3) is 0 Å². The fraction of sp³-hybridized carbons (Fsp3) is 1.00. The van der Waals surface area contributed by atoms with Crippen molar-refractivity contribution in [1.82, 2.24) is 9.13 Å². The summed E-state index contributed by atoms with van der Waals surface area (Å²) in [5, 5.41) is 0. The Bertz CT molecular complexity index is 158. The summed E-state index contributed by atoms with van der Waals surface area (Å²) in [4.78, 5) is 0. The Morgan fingerprint density at radius 1 is 0.588 bits per heavy atom. The predicted molar refractivity (Wildman–Crippen MR) is 86.1 cm³/mol. The summed E-state index contributed by atoms with van der Waals surface area (Å²) in [6.45, 7) is 18.8. The molecule has 0 saturated carbocycles. The number of rotatable bonds is 8. The molecule has 4 heteroatoms. The van der Waals surface area contributed by atoms with Crippen molar-refractivity contribution in [3.05, 3.63) is 0 Å². The van der Waals surface area contributed by atoms with E-state index in [1.54, 1.807) is 5.67 Å². The molecule has 17 heavy (non-hydrogen) atoms. The molecule has 2 nitrogen and oxygen atoms in total. The molecule has 0 aliphatic heterocycles. The van der Waals surface area contributed by atoms with Crippen molar-refractivity contribution in [1.29, 1.82) is 0 Å². The van der Waals surface area contributed by atoms with Crippen LogP contribution in [0.3, 0.4) is 0 Å². The van der Waals surface area contributed by atoms with Gasteiger partial charge in [-0.25, -0.2) is 0 Å². The minimum absolute atomic E-state index is 0.0230. The van der Waals surface area contributed by atoms with Crippen LogP contribution >= 0.6 is 0 Å². The molecule has 0 unspecified atom stereocenters. The lowest BCUT2D eigenvalue weighted by Gasteiger charge is -2.34. The van der Waals surface area contributed by atoms with Crippen LogP contribution in [-0.4, -0.2) is 52.7 Å². The molecule has 0 amide bonds. The molecule has 0 atom stereocenters. The van der Waals surface area contributed by atoms with Gasteiger partial charge >= 0.3 is 0 Å². The molecule has 0 rings (SSSR count). The zero-order chi connectivity index (χ0) is 13.6. The average Bonchev–Trinajstić information content (AvgIpc) is 2.14. The zero-order valence-electron chi connectivity index (χ0n) is 13.3. The highest BCUT2D eigenvalue weighted by Gasteiger charge is 2.16. The summed E-state index contributed by atoms with van der Waals surface area (Å²) in [5.41, 5.74) is 1.55. The topological polar surface area (TPSA) is 6.48 Å². The summed E-state index contributed by atoms with van der Waals surface area (Å²) in [6.07, 6.45) is 0. The molecule has 0 aliphatic rings. The Morgan fingerprint density at radius 3 is 1.00 bits per heavy atom. The van der Waals surface area contributed by atoms with Gasteiger partial charge in [0.15, 0.2) is 0 Å². The van der Waals surface area contributed by atoms with Gasteiger partial charge in [-0.15, -0.1) is 0 Å². The first-order chi connectivity index (χ1) is 7.77. The largest absolute Gasteiger partial charge is 0.325 e. The molecule has 0 aromatic carbocycles. The highest BCUT2D eigenvalue weighted by molar-refractivity contribution is 6.52. The maximum Gasteiger partial charge on any atom is 0.0938 e. The van der Waals surface area contributed by atoms with Gasteiger partial charge in [0.1, 0.15) is 0 Å². The third kappa shape index (κ3) is 6.74. The smallest absolute Gasteiger partial charge is 0.0938 e. The van der Waals surface area contributed by atoms with Gasteiger partial charge < -0.3 is 9.13 Å². The highest BCUT2D eigenvalue weighted by Crippen LogP contribution is 2.07. The summed E-state index contributed by atoms with van der Waals surface area (Å²) < 4.78 is 5.51. The van der Waals surface area contributed by atoms with E-state index >= 15 is 0 Å². The third-order valence-corrected chi connectivity index (χ3v) is 9.97. The summed E-state index contributed by atoms with van der Waals surface area (Å²) in [6, 6.07) is 2.95. The van der Waals surface area contributed by atoms with Gasteiger partial charge in [-0.05, 0) is 29.8 Å². The Kier molecular flexibility index (Phi) is 8.63. The second-order valence-corrected chi connectivity index (χ2v) is 11.4. The number of nitrogens with zero attached hydrogens (tertiary/aromatic N) is 2. The molecule has 0 aromatic rings. The van der Waals surface area contributed by atoms with Gasteiger partial charge in [-0.2, -0.15) is 0 Å². The predicted octanol–water partition coefficient (Wildman–Crippen LogP) is 1.77. The van der Waals surface area contributed by atoms with E-state index in [1.807, 2.05) is 0 Å². The van der Waals surface area contributed by atoms with E-state index in [9.17, 15) is 0 Å². The standard InChI is InChI=1S/C13H34N2Si2/c1-10(2)14(11(3)4)16-9-17-15(12(5)6)13(7)8/h10-13H,9,16-17H2,1-8H3. The second kappa shape index (κ2) is 8.45. The minimum Gasteiger partial charge on any atom is -0.325 e. The van der Waals surface area contributed by atoms with Crippen LogP contribution in [0.2, 0.25) is 5.67 Å². The Labute approximate surface area is 114 Å². The monoisotopic (exact) mass is 274 g/mol. The molecule has 0 aromatic heterocycles. The SMILES string of the molecule is CC(C)N([SiH2]C[SiH2]N(C(C)C)C(C)C)C(C)C. The summed E-state index contributed by atoms with van der Waals surface area (Å²) in [7, 11) is -0.0460. The molecule has 104 valence electrons. The van der Waals surface area contributed by atoms with Crippen LogP contribution < -0.4 is 0 Å². The zero-order valence-corrected chi connectivity index (χ0v) is 16.2. The van der Waals surface area contributed by atoms with Crippen molar-refractivity contribution in [2.75, 3.05) is 0 Å². The van der Waals surface area contributed by atoms with Gasteiger partial charge in [0.05, 0.1) is 19.4 Å². The summed E-state index contributed by atoms with van der Waals surface area (Å²) >= 11 is 0. The molecular weight excluding hydrogens is 240 g/mol. The molecule has 0 saturated heterocycles. The van der Waals surface area contributed by atoms with Crippen molar-refractivity contribution in [3.63, 3.8) is 0 Å². The van der Waals surface area contributed by atoms with Crippen LogP contribution in [0.1, 0.15) is 55.4 Å². The van der Waals surface area contributed by atoms with Crippen LogP contribution in [0, 0.1) is 0 Å². The van der Waals surface area contributed by atoms with E-state index in [1.165, 1.54) is 0 Å². The van der Waals surface area contributed by atoms with Gasteiger partial charge in [-0.3, -0.25) is 0 Å². The van der Waals surface area contributed by atoms with E-state index in [2.05, 4.69) is 64.5 Å². The van der Waals surface area contributed by atoms with E-state index in [0.717, 1.165) is 24.2 Å². The maximum atomic E-state index is 2.76. The Hall–Kier alpha value is 0.354. The molecule has 0 N–H and O–H groups in total. The highest BCUT2D eigenvalue weighted by atomic mass is 28.3. The number of hydrogen-bond acceptors (Lipinski definition) is 2. The first-order valence-corrected chi connectivity index (χ1v) is 10.5. The molecule has 0 radical (unpaired) electrons. The molecule has 0 bridgehead atoms. The molecule has 0 spiro atoms. The Balaban J connectivity index is 4.10. The van der Waals surface area contributed by atoms with Crippen LogP contribution in [-0.2, 0) is 0 Å². The first-order valence-electron chi connectivity index (χ1n) is 7.28. The van der Waals surface area contributed by atoms with Crippen molar-refractivity contribution in [2.24, 2.45) is 0 Å². The van der Waals surface area contributed by atoms with Crippen molar-refractivity contribution >= 4 is 19.4 Å². The van der Waals surface area contributed by atoms with E-state index in [4.69, 9.17) is 0 Å². The molecule has 0 heterocycles. The lowest BCUT2D eigenvalue weighted by atomic mass is 10.3. The van der Waals surface area contributed by atoms with Crippen LogP contribution in [0.5, 0.6) is 0 Å². The van der Waals surface area contributed by atoms with Crippen molar-refractivity contribution < 1.29 is 0 Å². The van der Waals surface area contributed by atoms with Crippen LogP contribution in [0.15, 0.2) is 0 Å². The first kappa shape index (κ1) is 17.4. The van der Waals surface area contributed by atoms with Gasteiger partial charge in [0, 0.05) is 0 Å². The van der Waals surface area contributed by atoms with Crippen molar-refractivity contribution in [2.45, 2.75) is 85.2 Å². The van der Waals surface area contributed by atoms with Gasteiger partial charge in [0.25, 0.3) is 0 Å². The maximum absolute atomic E-state index is 2.76.